The molecule has 24 heavy (non-hydrogen) atoms. The third-order valence-corrected chi connectivity index (χ3v) is 7.18. The maximum atomic E-state index is 9.67. The highest BCUT2D eigenvalue weighted by Crippen LogP contribution is 2.68. The molecule has 2 aromatic carbocycles. The van der Waals surface area contributed by atoms with Crippen molar-refractivity contribution in [3.63, 3.8) is 0 Å². The highest BCUT2D eigenvalue weighted by Gasteiger charge is 2.60. The van der Waals surface area contributed by atoms with Crippen molar-refractivity contribution in [1.82, 2.24) is 4.98 Å². The molecular formula is C22H20N2. The van der Waals surface area contributed by atoms with Crippen LogP contribution in [0.25, 0.3) is 21.7 Å². The van der Waals surface area contributed by atoms with Gasteiger partial charge in [-0.1, -0.05) is 45.0 Å². The van der Waals surface area contributed by atoms with Crippen LogP contribution in [-0.4, -0.2) is 4.98 Å². The van der Waals surface area contributed by atoms with Crippen molar-refractivity contribution in [2.45, 2.75) is 44.9 Å². The van der Waals surface area contributed by atoms with E-state index in [1.165, 1.54) is 29.4 Å². The predicted octanol–water partition coefficient (Wildman–Crippen LogP) is 5.43. The lowest BCUT2D eigenvalue weighted by atomic mass is 9.68. The topological polar surface area (TPSA) is 36.7 Å². The minimum absolute atomic E-state index is 0.170. The van der Waals surface area contributed by atoms with Crippen LogP contribution in [0.3, 0.4) is 0 Å². The SMILES string of the molecule is CC1(C)[C@H]2CC[C@]1(C)c1c2cnc2c1cc(C#N)c1ccccc12. The number of fused-ring (bicyclic) bond motifs is 9. The van der Waals surface area contributed by atoms with Gasteiger partial charge in [0.05, 0.1) is 17.1 Å². The molecule has 1 aromatic heterocycles. The van der Waals surface area contributed by atoms with Gasteiger partial charge >= 0.3 is 0 Å². The number of nitriles is 1. The minimum Gasteiger partial charge on any atom is -0.255 e. The highest BCUT2D eigenvalue weighted by atomic mass is 14.7. The zero-order valence-electron chi connectivity index (χ0n) is 14.4. The van der Waals surface area contributed by atoms with E-state index < -0.39 is 0 Å². The summed E-state index contributed by atoms with van der Waals surface area (Å²) in [5.74, 6) is 0.589. The molecule has 2 atom stereocenters. The number of rotatable bonds is 0. The summed E-state index contributed by atoms with van der Waals surface area (Å²) in [5.41, 5.74) is 5.11. The van der Waals surface area contributed by atoms with Gasteiger partial charge in [-0.3, -0.25) is 4.98 Å². The molecule has 0 saturated heterocycles. The molecule has 2 aliphatic rings. The number of benzene rings is 2. The van der Waals surface area contributed by atoms with E-state index in [4.69, 9.17) is 4.98 Å². The van der Waals surface area contributed by atoms with Gasteiger partial charge in [-0.2, -0.15) is 5.26 Å². The van der Waals surface area contributed by atoms with Crippen molar-refractivity contribution in [2.75, 3.05) is 0 Å². The van der Waals surface area contributed by atoms with Crippen LogP contribution in [0, 0.1) is 16.7 Å². The molecule has 1 saturated carbocycles. The Morgan fingerprint density at radius 2 is 1.88 bits per heavy atom. The Balaban J connectivity index is 2.00. The molecule has 3 aromatic rings. The van der Waals surface area contributed by atoms with Gasteiger partial charge in [-0.25, -0.2) is 0 Å². The second-order valence-electron chi connectivity index (χ2n) is 8.21. The maximum Gasteiger partial charge on any atom is 0.0998 e. The summed E-state index contributed by atoms with van der Waals surface area (Å²) in [6.45, 7) is 7.23. The Bertz CT molecular complexity index is 1070. The number of aromatic nitrogens is 1. The second-order valence-corrected chi connectivity index (χ2v) is 8.21. The van der Waals surface area contributed by atoms with Gasteiger partial charge in [0.2, 0.25) is 0 Å². The molecule has 118 valence electrons. The number of pyridine rings is 1. The molecular weight excluding hydrogens is 292 g/mol. The van der Waals surface area contributed by atoms with Crippen LogP contribution in [0.4, 0.5) is 0 Å². The van der Waals surface area contributed by atoms with Crippen LogP contribution >= 0.6 is 0 Å². The van der Waals surface area contributed by atoms with Gasteiger partial charge in [0, 0.05) is 22.4 Å². The van der Waals surface area contributed by atoms with E-state index in [-0.39, 0.29) is 10.8 Å². The lowest BCUT2D eigenvalue weighted by molar-refractivity contribution is 0.232. The van der Waals surface area contributed by atoms with Crippen molar-refractivity contribution < 1.29 is 0 Å². The summed E-state index contributed by atoms with van der Waals surface area (Å²) in [4.78, 5) is 4.86. The minimum atomic E-state index is 0.170. The van der Waals surface area contributed by atoms with Crippen LogP contribution in [0.1, 0.15) is 56.2 Å². The maximum absolute atomic E-state index is 9.67. The number of hydrogen-bond donors (Lipinski definition) is 0. The summed E-state index contributed by atoms with van der Waals surface area (Å²) >= 11 is 0. The standard InChI is InChI=1S/C22H20N2/c1-21(2)18-8-9-22(21,3)19-16-10-13(11-23)14-6-4-5-7-15(14)20(16)24-12-17(18)19/h4-7,10,12,18H,8-9H2,1-3H3/t18-,22+/m0/s1. The van der Waals surface area contributed by atoms with Crippen LogP contribution in [0.15, 0.2) is 36.5 Å². The van der Waals surface area contributed by atoms with Crippen LogP contribution < -0.4 is 0 Å². The Morgan fingerprint density at radius 1 is 1.12 bits per heavy atom. The molecule has 0 N–H and O–H groups in total. The quantitative estimate of drug-likeness (QED) is 0.519. The molecule has 0 spiro atoms. The number of hydrogen-bond acceptors (Lipinski definition) is 2. The molecule has 2 aliphatic carbocycles. The molecule has 1 fully saturated rings. The Labute approximate surface area is 142 Å². The molecule has 2 bridgehead atoms. The molecule has 2 heteroatoms. The van der Waals surface area contributed by atoms with E-state index in [9.17, 15) is 5.26 Å². The van der Waals surface area contributed by atoms with E-state index in [0.29, 0.717) is 5.92 Å². The van der Waals surface area contributed by atoms with E-state index in [1.54, 1.807) is 0 Å². The Morgan fingerprint density at radius 3 is 2.62 bits per heavy atom. The summed E-state index contributed by atoms with van der Waals surface area (Å²) in [6, 6.07) is 12.6. The molecule has 0 unspecified atom stereocenters. The number of nitrogens with zero attached hydrogens (tertiary/aromatic N) is 2. The highest BCUT2D eigenvalue weighted by molar-refractivity contribution is 6.09. The average Bonchev–Trinajstić information content (AvgIpc) is 2.92. The lowest BCUT2D eigenvalue weighted by Crippen LogP contribution is -2.31. The first kappa shape index (κ1) is 14.0. The van der Waals surface area contributed by atoms with Crippen molar-refractivity contribution in [1.29, 1.82) is 5.26 Å². The average molecular weight is 312 g/mol. The van der Waals surface area contributed by atoms with Gasteiger partial charge < -0.3 is 0 Å². The van der Waals surface area contributed by atoms with Crippen LogP contribution in [0.5, 0.6) is 0 Å². The summed E-state index contributed by atoms with van der Waals surface area (Å²) in [6.07, 6.45) is 4.60. The fraction of sp³-hybridized carbons (Fsp3) is 0.364. The predicted molar refractivity (Wildman–Crippen MR) is 97.1 cm³/mol. The van der Waals surface area contributed by atoms with E-state index in [2.05, 4.69) is 45.2 Å². The summed E-state index contributed by atoms with van der Waals surface area (Å²) < 4.78 is 0. The van der Waals surface area contributed by atoms with Crippen molar-refractivity contribution in [3.05, 3.63) is 53.2 Å². The molecule has 2 nitrogen and oxygen atoms in total. The molecule has 5 rings (SSSR count). The van der Waals surface area contributed by atoms with Crippen molar-refractivity contribution in [3.8, 4) is 6.07 Å². The third-order valence-electron chi connectivity index (χ3n) is 7.18. The summed E-state index contributed by atoms with van der Waals surface area (Å²) in [5, 5.41) is 13.0. The Kier molecular flexibility index (Phi) is 2.43. The molecule has 0 amide bonds. The smallest absolute Gasteiger partial charge is 0.0998 e. The van der Waals surface area contributed by atoms with Crippen LogP contribution in [-0.2, 0) is 5.41 Å². The first-order chi connectivity index (χ1) is 11.5. The Hall–Kier alpha value is -2.40. The zero-order chi connectivity index (χ0) is 16.7. The van der Waals surface area contributed by atoms with E-state index in [1.807, 2.05) is 18.2 Å². The van der Waals surface area contributed by atoms with Gasteiger partial charge in [-0.05, 0) is 46.8 Å². The fourth-order valence-corrected chi connectivity index (χ4v) is 5.51. The largest absolute Gasteiger partial charge is 0.255 e. The first-order valence-electron chi connectivity index (χ1n) is 8.74. The van der Waals surface area contributed by atoms with Crippen molar-refractivity contribution in [2.24, 2.45) is 5.41 Å². The van der Waals surface area contributed by atoms with Gasteiger partial charge in [0.25, 0.3) is 0 Å². The second kappa shape index (κ2) is 4.16. The van der Waals surface area contributed by atoms with Gasteiger partial charge in [0.15, 0.2) is 0 Å². The van der Waals surface area contributed by atoms with Gasteiger partial charge in [0.1, 0.15) is 0 Å². The van der Waals surface area contributed by atoms with E-state index >= 15 is 0 Å². The normalized spacial score (nSPS) is 26.7. The van der Waals surface area contributed by atoms with E-state index in [0.717, 1.165) is 21.9 Å². The zero-order valence-corrected chi connectivity index (χ0v) is 14.4. The fourth-order valence-electron chi connectivity index (χ4n) is 5.51. The monoisotopic (exact) mass is 312 g/mol. The van der Waals surface area contributed by atoms with Crippen molar-refractivity contribution >= 4 is 21.7 Å². The molecule has 0 aliphatic heterocycles. The first-order valence-corrected chi connectivity index (χ1v) is 8.74. The third kappa shape index (κ3) is 1.36. The lowest BCUT2D eigenvalue weighted by Gasteiger charge is -2.36. The molecule has 0 radical (unpaired) electrons. The van der Waals surface area contributed by atoms with Crippen LogP contribution in [0.2, 0.25) is 0 Å². The molecule has 1 heterocycles. The van der Waals surface area contributed by atoms with Gasteiger partial charge in [-0.15, -0.1) is 0 Å². The summed E-state index contributed by atoms with van der Waals surface area (Å²) in [7, 11) is 0.